The first-order chi connectivity index (χ1) is 18.7. The first kappa shape index (κ1) is 28.4. The average Bonchev–Trinajstić information content (AvgIpc) is 3.45. The SMILES string of the molecule is N#Cc1ccc(S(=O)(=O)N2CCC[C@H]2C(=O)N[C@@H](Cc2ccc(OC(=O)N3CCSCC3)cc2)C(=O)O)cc1. The second-order valence-corrected chi connectivity index (χ2v) is 12.2. The van der Waals surface area contributed by atoms with Gasteiger partial charge >= 0.3 is 12.1 Å². The zero-order valence-electron chi connectivity index (χ0n) is 21.0. The second kappa shape index (κ2) is 12.5. The van der Waals surface area contributed by atoms with Gasteiger partial charge in [-0.2, -0.15) is 21.3 Å². The van der Waals surface area contributed by atoms with Crippen LogP contribution in [0, 0.1) is 11.3 Å². The Morgan fingerprint density at radius 1 is 1.08 bits per heavy atom. The van der Waals surface area contributed by atoms with E-state index in [-0.39, 0.29) is 24.3 Å². The zero-order valence-corrected chi connectivity index (χ0v) is 22.6. The zero-order chi connectivity index (χ0) is 28.0. The highest BCUT2D eigenvalue weighted by molar-refractivity contribution is 7.99. The van der Waals surface area contributed by atoms with Crippen LogP contribution in [0.1, 0.15) is 24.0 Å². The second-order valence-electron chi connectivity index (χ2n) is 9.12. The number of aliphatic carboxylic acids is 1. The number of hydrogen-bond donors (Lipinski definition) is 2. The monoisotopic (exact) mass is 572 g/mol. The Balaban J connectivity index is 1.39. The van der Waals surface area contributed by atoms with Crippen LogP contribution < -0.4 is 10.1 Å². The molecule has 2 atom stereocenters. The van der Waals surface area contributed by atoms with Crippen LogP contribution in [0.2, 0.25) is 0 Å². The van der Waals surface area contributed by atoms with Gasteiger partial charge in [0.15, 0.2) is 0 Å². The fourth-order valence-corrected chi connectivity index (χ4v) is 6.99. The van der Waals surface area contributed by atoms with Gasteiger partial charge in [0.05, 0.1) is 16.5 Å². The Kier molecular flexibility index (Phi) is 9.11. The van der Waals surface area contributed by atoms with E-state index in [0.29, 0.717) is 36.4 Å². The molecule has 0 aromatic heterocycles. The van der Waals surface area contributed by atoms with Crippen molar-refractivity contribution in [3.8, 4) is 11.8 Å². The number of ether oxygens (including phenoxy) is 1. The highest BCUT2D eigenvalue weighted by atomic mass is 32.2. The molecule has 2 aliphatic heterocycles. The predicted octanol–water partition coefficient (Wildman–Crippen LogP) is 2.07. The van der Waals surface area contributed by atoms with E-state index in [1.807, 2.05) is 6.07 Å². The Labute approximate surface area is 230 Å². The van der Waals surface area contributed by atoms with E-state index >= 15 is 0 Å². The molecule has 0 spiro atoms. The Morgan fingerprint density at radius 2 is 1.74 bits per heavy atom. The van der Waals surface area contributed by atoms with Crippen LogP contribution in [0.5, 0.6) is 5.75 Å². The molecule has 0 aliphatic carbocycles. The molecule has 4 rings (SSSR count). The van der Waals surface area contributed by atoms with Gasteiger partial charge in [-0.25, -0.2) is 18.0 Å². The molecule has 0 radical (unpaired) electrons. The Hall–Kier alpha value is -3.60. The Morgan fingerprint density at radius 3 is 2.36 bits per heavy atom. The summed E-state index contributed by atoms with van der Waals surface area (Å²) in [6, 6.07) is 11.3. The third-order valence-corrected chi connectivity index (χ3v) is 9.41. The number of nitrogens with one attached hydrogen (secondary N) is 1. The summed E-state index contributed by atoms with van der Waals surface area (Å²) < 4.78 is 32.8. The molecule has 11 nitrogen and oxygen atoms in total. The minimum absolute atomic E-state index is 0.0454. The molecule has 2 saturated heterocycles. The van der Waals surface area contributed by atoms with Crippen LogP contribution in [0.15, 0.2) is 53.4 Å². The number of carboxylic acids is 1. The molecule has 2 heterocycles. The number of thioether (sulfide) groups is 1. The quantitative estimate of drug-likeness (QED) is 0.483. The van der Waals surface area contributed by atoms with Gasteiger partial charge in [0, 0.05) is 37.6 Å². The first-order valence-electron chi connectivity index (χ1n) is 12.4. The molecule has 2 aromatic rings. The molecular formula is C26H28N4O7S2. The summed E-state index contributed by atoms with van der Waals surface area (Å²) in [5.41, 5.74) is 0.895. The van der Waals surface area contributed by atoms with Crippen LogP contribution >= 0.6 is 11.8 Å². The molecule has 2 fully saturated rings. The maximum Gasteiger partial charge on any atom is 0.415 e. The summed E-state index contributed by atoms with van der Waals surface area (Å²) in [6.45, 7) is 1.36. The van der Waals surface area contributed by atoms with Crippen LogP contribution in [0.4, 0.5) is 4.79 Å². The van der Waals surface area contributed by atoms with Crippen molar-refractivity contribution >= 4 is 39.8 Å². The third kappa shape index (κ3) is 6.89. The molecular weight excluding hydrogens is 544 g/mol. The van der Waals surface area contributed by atoms with Gasteiger partial charge in [-0.3, -0.25) is 4.79 Å². The van der Waals surface area contributed by atoms with Crippen LogP contribution in [0.25, 0.3) is 0 Å². The van der Waals surface area contributed by atoms with Crippen molar-refractivity contribution in [2.75, 3.05) is 31.1 Å². The average molecular weight is 573 g/mol. The van der Waals surface area contributed by atoms with E-state index < -0.39 is 40.1 Å². The van der Waals surface area contributed by atoms with Crippen molar-refractivity contribution in [2.24, 2.45) is 0 Å². The fourth-order valence-electron chi connectivity index (χ4n) is 4.44. The predicted molar refractivity (Wildman–Crippen MR) is 143 cm³/mol. The highest BCUT2D eigenvalue weighted by Crippen LogP contribution is 2.27. The molecule has 206 valence electrons. The number of hydrogen-bond acceptors (Lipinski definition) is 8. The lowest BCUT2D eigenvalue weighted by Crippen LogP contribution is -2.51. The molecule has 0 unspecified atom stereocenters. The van der Waals surface area contributed by atoms with Gasteiger partial charge in [0.1, 0.15) is 17.8 Å². The van der Waals surface area contributed by atoms with Crippen LogP contribution in [-0.2, 0) is 26.0 Å². The number of carboxylic acid groups (broad SMARTS) is 1. The minimum atomic E-state index is -4.03. The number of nitrogens with zero attached hydrogens (tertiary/aromatic N) is 3. The largest absolute Gasteiger partial charge is 0.480 e. The van der Waals surface area contributed by atoms with Crippen molar-refractivity contribution in [1.82, 2.24) is 14.5 Å². The summed E-state index contributed by atoms with van der Waals surface area (Å²) in [6.07, 6.45) is 0.217. The summed E-state index contributed by atoms with van der Waals surface area (Å²) in [5.74, 6) is 0.0864. The standard InChI is InChI=1S/C26H28N4O7S2/c27-17-19-5-9-21(10-6-19)39(35,36)30-11-1-2-23(30)24(31)28-22(25(32)33)16-18-3-7-20(8-4-18)37-26(34)29-12-14-38-15-13-29/h3-10,22-23H,1-2,11-16H2,(H,28,31)(H,32,33)/t22-,23-/m0/s1. The van der Waals surface area contributed by atoms with Crippen molar-refractivity contribution < 1.29 is 32.6 Å². The van der Waals surface area contributed by atoms with Crippen LogP contribution in [-0.4, -0.2) is 83.9 Å². The number of amides is 2. The maximum atomic E-state index is 13.2. The lowest BCUT2D eigenvalue weighted by atomic mass is 10.1. The van der Waals surface area contributed by atoms with E-state index in [1.54, 1.807) is 40.9 Å². The van der Waals surface area contributed by atoms with Gasteiger partial charge < -0.3 is 20.1 Å². The summed E-state index contributed by atoms with van der Waals surface area (Å²) in [4.78, 5) is 38.9. The molecule has 2 amide bonds. The number of nitriles is 1. The Bertz CT molecular complexity index is 1350. The van der Waals surface area contributed by atoms with Gasteiger partial charge in [-0.05, 0) is 54.8 Å². The molecule has 2 aliphatic rings. The molecule has 2 N–H and O–H groups in total. The number of rotatable bonds is 8. The number of carbonyl (C=O) groups is 3. The smallest absolute Gasteiger partial charge is 0.415 e. The van der Waals surface area contributed by atoms with Crippen molar-refractivity contribution in [3.63, 3.8) is 0 Å². The van der Waals surface area contributed by atoms with Gasteiger partial charge in [-0.15, -0.1) is 0 Å². The van der Waals surface area contributed by atoms with E-state index in [9.17, 15) is 27.9 Å². The minimum Gasteiger partial charge on any atom is -0.480 e. The lowest BCUT2D eigenvalue weighted by Gasteiger charge is -2.25. The third-order valence-electron chi connectivity index (χ3n) is 6.55. The first-order valence-corrected chi connectivity index (χ1v) is 15.0. The molecule has 13 heteroatoms. The molecule has 0 saturated carbocycles. The molecule has 2 aromatic carbocycles. The van der Waals surface area contributed by atoms with E-state index in [4.69, 9.17) is 10.00 Å². The van der Waals surface area contributed by atoms with E-state index in [2.05, 4.69) is 5.32 Å². The van der Waals surface area contributed by atoms with E-state index in [0.717, 1.165) is 15.8 Å². The molecule has 39 heavy (non-hydrogen) atoms. The van der Waals surface area contributed by atoms with Gasteiger partial charge in [0.25, 0.3) is 0 Å². The maximum absolute atomic E-state index is 13.2. The summed E-state index contributed by atoms with van der Waals surface area (Å²) in [5, 5.41) is 21.2. The lowest BCUT2D eigenvalue weighted by molar-refractivity contribution is -0.142. The van der Waals surface area contributed by atoms with Gasteiger partial charge in [-0.1, -0.05) is 12.1 Å². The van der Waals surface area contributed by atoms with Crippen molar-refractivity contribution in [1.29, 1.82) is 5.26 Å². The molecule has 0 bridgehead atoms. The normalized spacial score (nSPS) is 18.6. The summed E-state index contributed by atoms with van der Waals surface area (Å²) in [7, 11) is -4.03. The van der Waals surface area contributed by atoms with Crippen molar-refractivity contribution in [2.45, 2.75) is 36.2 Å². The van der Waals surface area contributed by atoms with E-state index in [1.165, 1.54) is 24.3 Å². The topological polar surface area (TPSA) is 157 Å². The van der Waals surface area contributed by atoms with Crippen LogP contribution in [0.3, 0.4) is 0 Å². The number of carbonyl (C=O) groups excluding carboxylic acids is 2. The summed E-state index contributed by atoms with van der Waals surface area (Å²) >= 11 is 1.78. The number of benzene rings is 2. The van der Waals surface area contributed by atoms with Crippen molar-refractivity contribution in [3.05, 3.63) is 59.7 Å². The highest BCUT2D eigenvalue weighted by Gasteiger charge is 2.40. The number of sulfonamides is 1. The van der Waals surface area contributed by atoms with Gasteiger partial charge in [0.2, 0.25) is 15.9 Å². The fraction of sp³-hybridized carbons (Fsp3) is 0.385.